The van der Waals surface area contributed by atoms with Crippen LogP contribution in [0.4, 0.5) is 17.2 Å². The predicted octanol–water partition coefficient (Wildman–Crippen LogP) is 3.33. The van der Waals surface area contributed by atoms with E-state index < -0.39 is 0 Å². The molecule has 36 heavy (non-hydrogen) atoms. The number of ether oxygens (including phenoxy) is 1. The number of para-hydroxylation sites is 1. The molecule has 9 nitrogen and oxygen atoms in total. The summed E-state index contributed by atoms with van der Waals surface area (Å²) in [7, 11) is 1.73. The molecule has 5 rings (SSSR count). The van der Waals surface area contributed by atoms with Crippen LogP contribution < -0.4 is 20.1 Å². The summed E-state index contributed by atoms with van der Waals surface area (Å²) in [5.41, 5.74) is 3.96. The van der Waals surface area contributed by atoms with E-state index in [0.717, 1.165) is 34.7 Å². The van der Waals surface area contributed by atoms with Gasteiger partial charge in [-0.2, -0.15) is 0 Å². The van der Waals surface area contributed by atoms with Gasteiger partial charge < -0.3 is 23.9 Å². The minimum Gasteiger partial charge on any atom is -0.489 e. The molecule has 1 aromatic carbocycles. The lowest BCUT2D eigenvalue weighted by molar-refractivity contribution is -0.116. The average molecular weight is 487 g/mol. The molecule has 0 unspecified atom stereocenters. The summed E-state index contributed by atoms with van der Waals surface area (Å²) in [5, 5.41) is 0. The van der Waals surface area contributed by atoms with E-state index in [1.165, 1.54) is 0 Å². The van der Waals surface area contributed by atoms with Gasteiger partial charge in [0, 0.05) is 57.3 Å². The molecular formula is C27H30N6O3. The van der Waals surface area contributed by atoms with Crippen molar-refractivity contribution in [3.63, 3.8) is 0 Å². The third-order valence-corrected chi connectivity index (χ3v) is 7.27. The molecule has 9 heteroatoms. The number of rotatable bonds is 3. The van der Waals surface area contributed by atoms with Gasteiger partial charge in [0.15, 0.2) is 0 Å². The molecular weight excluding hydrogens is 456 g/mol. The molecule has 1 saturated heterocycles. The number of aromatic nitrogens is 2. The minimum absolute atomic E-state index is 0.0171. The zero-order valence-corrected chi connectivity index (χ0v) is 21.1. The van der Waals surface area contributed by atoms with E-state index in [0.29, 0.717) is 37.6 Å². The van der Waals surface area contributed by atoms with Crippen LogP contribution in [-0.2, 0) is 18.4 Å². The van der Waals surface area contributed by atoms with E-state index >= 15 is 0 Å². The molecule has 0 radical (unpaired) electrons. The lowest BCUT2D eigenvalue weighted by Crippen LogP contribution is -2.56. The van der Waals surface area contributed by atoms with Gasteiger partial charge in [-0.15, -0.1) is 4.98 Å². The highest BCUT2D eigenvalue weighted by Crippen LogP contribution is 2.37. The molecule has 1 amide bonds. The Morgan fingerprint density at radius 1 is 1.17 bits per heavy atom. The normalized spacial score (nSPS) is 20.1. The van der Waals surface area contributed by atoms with Gasteiger partial charge in [-0.3, -0.25) is 14.5 Å². The zero-order chi connectivity index (χ0) is 25.6. The van der Waals surface area contributed by atoms with E-state index in [4.69, 9.17) is 11.3 Å². The number of pyridine rings is 2. The third-order valence-electron chi connectivity index (χ3n) is 7.27. The van der Waals surface area contributed by atoms with E-state index in [2.05, 4.69) is 39.5 Å². The van der Waals surface area contributed by atoms with Crippen molar-refractivity contribution in [3.05, 3.63) is 63.7 Å². The monoisotopic (exact) mass is 486 g/mol. The summed E-state index contributed by atoms with van der Waals surface area (Å²) in [6.07, 6.45) is 0. The van der Waals surface area contributed by atoms with Crippen LogP contribution in [0.25, 0.3) is 15.9 Å². The average Bonchev–Trinajstić information content (AvgIpc) is 2.87. The number of nitrogens with zero attached hydrogens (tertiary/aromatic N) is 6. The number of hydrogen-bond acceptors (Lipinski definition) is 6. The topological polar surface area (TPSA) is 75.3 Å². The highest BCUT2D eigenvalue weighted by atomic mass is 16.5. The van der Waals surface area contributed by atoms with Gasteiger partial charge in [-0.25, -0.2) is 0 Å². The summed E-state index contributed by atoms with van der Waals surface area (Å²) in [5.74, 6) is 1.12. The second-order valence-corrected chi connectivity index (χ2v) is 9.64. The molecule has 0 saturated carbocycles. The van der Waals surface area contributed by atoms with Crippen LogP contribution >= 0.6 is 0 Å². The van der Waals surface area contributed by atoms with Gasteiger partial charge in [-0.05, 0) is 32.0 Å². The van der Waals surface area contributed by atoms with Gasteiger partial charge in [0.2, 0.25) is 11.4 Å². The van der Waals surface area contributed by atoms with Crippen LogP contribution in [0.5, 0.6) is 5.75 Å². The summed E-state index contributed by atoms with van der Waals surface area (Å²) in [4.78, 5) is 39.4. The van der Waals surface area contributed by atoms with E-state index in [9.17, 15) is 9.59 Å². The summed E-state index contributed by atoms with van der Waals surface area (Å²) in [6.45, 7) is 16.5. The fourth-order valence-electron chi connectivity index (χ4n) is 5.32. The van der Waals surface area contributed by atoms with Crippen molar-refractivity contribution < 1.29 is 9.53 Å². The minimum atomic E-state index is -0.0970. The van der Waals surface area contributed by atoms with Gasteiger partial charge >= 0.3 is 0 Å². The molecule has 2 atom stereocenters. The molecule has 2 aliphatic heterocycles. The fraction of sp³-hybridized carbons (Fsp3) is 0.407. The first-order valence-electron chi connectivity index (χ1n) is 12.2. The number of piperazine rings is 1. The Bertz CT molecular complexity index is 1440. The number of benzene rings is 1. The number of carbonyl (C=O) groups excluding carboxylic acids is 1. The number of anilines is 2. The SMILES string of the molecule is [C-]#[N+]c1ccc2c(n1)c(N1C[C@@H](C)N(Cc3cccc4c3OCCN4C(C)=O)C[C@@H]1C)cc(=O)n2C. The van der Waals surface area contributed by atoms with Crippen molar-refractivity contribution in [2.24, 2.45) is 7.05 Å². The molecule has 0 N–H and O–H groups in total. The zero-order valence-electron chi connectivity index (χ0n) is 21.1. The number of fused-ring (bicyclic) bond motifs is 2. The maximum absolute atomic E-state index is 12.8. The van der Waals surface area contributed by atoms with E-state index in [1.807, 2.05) is 12.1 Å². The van der Waals surface area contributed by atoms with Crippen LogP contribution in [-0.4, -0.2) is 58.7 Å². The largest absolute Gasteiger partial charge is 0.489 e. The summed E-state index contributed by atoms with van der Waals surface area (Å²) < 4.78 is 7.60. The highest BCUT2D eigenvalue weighted by Gasteiger charge is 2.33. The standard InChI is InChI=1S/C27H30N6O3/c1-17-15-33(23-13-25(35)30(5)21-9-10-24(28-4)29-26(21)23)18(2)14-31(17)16-20-7-6-8-22-27(20)36-12-11-32(22)19(3)34/h6-10,13,17-18H,11-12,14-16H2,1-3,5H3/t17-,18+/m1/s1. The quantitative estimate of drug-likeness (QED) is 0.529. The fourth-order valence-corrected chi connectivity index (χ4v) is 5.32. The van der Waals surface area contributed by atoms with Crippen molar-refractivity contribution in [2.45, 2.75) is 39.4 Å². The van der Waals surface area contributed by atoms with Crippen molar-refractivity contribution >= 4 is 34.1 Å². The third kappa shape index (κ3) is 4.07. The molecule has 1 fully saturated rings. The van der Waals surface area contributed by atoms with Crippen LogP contribution in [0.15, 0.2) is 41.2 Å². The van der Waals surface area contributed by atoms with Crippen LogP contribution in [0.1, 0.15) is 26.3 Å². The Morgan fingerprint density at radius 2 is 1.97 bits per heavy atom. The number of hydrogen-bond donors (Lipinski definition) is 0. The molecule has 0 bridgehead atoms. The Morgan fingerprint density at radius 3 is 2.72 bits per heavy atom. The van der Waals surface area contributed by atoms with Gasteiger partial charge in [0.05, 0.1) is 23.4 Å². The number of aryl methyl sites for hydroxylation is 1. The first kappa shape index (κ1) is 23.8. The maximum atomic E-state index is 12.8. The first-order chi connectivity index (χ1) is 17.3. The smallest absolute Gasteiger partial charge is 0.270 e. The molecule has 3 aromatic rings. The number of amides is 1. The van der Waals surface area contributed by atoms with E-state index in [-0.39, 0.29) is 23.6 Å². The maximum Gasteiger partial charge on any atom is 0.270 e. The Kier molecular flexibility index (Phi) is 6.14. The van der Waals surface area contributed by atoms with Crippen molar-refractivity contribution in [2.75, 3.05) is 36.0 Å². The van der Waals surface area contributed by atoms with Crippen molar-refractivity contribution in [3.8, 4) is 5.75 Å². The second-order valence-electron chi connectivity index (χ2n) is 9.64. The summed E-state index contributed by atoms with van der Waals surface area (Å²) >= 11 is 0. The predicted molar refractivity (Wildman–Crippen MR) is 140 cm³/mol. The molecule has 4 heterocycles. The Hall–Kier alpha value is -3.90. The highest BCUT2D eigenvalue weighted by molar-refractivity contribution is 5.94. The lowest BCUT2D eigenvalue weighted by atomic mass is 10.0. The first-order valence-corrected chi connectivity index (χ1v) is 12.2. The van der Waals surface area contributed by atoms with Crippen LogP contribution in [0.3, 0.4) is 0 Å². The van der Waals surface area contributed by atoms with Crippen molar-refractivity contribution in [1.82, 2.24) is 14.5 Å². The Labute approximate surface area is 210 Å². The molecule has 2 aromatic heterocycles. The molecule has 0 spiro atoms. The second kappa shape index (κ2) is 9.28. The van der Waals surface area contributed by atoms with Crippen molar-refractivity contribution in [1.29, 1.82) is 0 Å². The van der Waals surface area contributed by atoms with Crippen LogP contribution in [0.2, 0.25) is 0 Å². The summed E-state index contributed by atoms with van der Waals surface area (Å²) in [6, 6.07) is 11.4. The number of carbonyl (C=O) groups is 1. The Balaban J connectivity index is 1.44. The van der Waals surface area contributed by atoms with Gasteiger partial charge in [0.1, 0.15) is 12.4 Å². The molecule has 2 aliphatic rings. The lowest BCUT2D eigenvalue weighted by Gasteiger charge is -2.45. The van der Waals surface area contributed by atoms with Crippen LogP contribution in [0, 0.1) is 6.57 Å². The van der Waals surface area contributed by atoms with Gasteiger partial charge in [-0.1, -0.05) is 18.7 Å². The molecule has 0 aliphatic carbocycles. The van der Waals surface area contributed by atoms with E-state index in [1.54, 1.807) is 41.6 Å². The molecule has 186 valence electrons. The van der Waals surface area contributed by atoms with Gasteiger partial charge in [0.25, 0.3) is 11.4 Å².